The summed E-state index contributed by atoms with van der Waals surface area (Å²) in [6.07, 6.45) is 5.79. The first-order valence-electron chi connectivity index (χ1n) is 7.73. The quantitative estimate of drug-likeness (QED) is 0.759. The summed E-state index contributed by atoms with van der Waals surface area (Å²) in [6, 6.07) is -0.248. The van der Waals surface area contributed by atoms with Gasteiger partial charge in [0, 0.05) is 20.6 Å². The SMILES string of the molecule is CN(C)C(=O)NCC(=O)NCCC1=CC[C@H]2C[C@@H]1C2(C)C. The maximum absolute atomic E-state index is 11.7. The second-order valence-electron chi connectivity index (χ2n) is 6.97. The van der Waals surface area contributed by atoms with Gasteiger partial charge < -0.3 is 15.5 Å². The van der Waals surface area contributed by atoms with Crippen LogP contribution >= 0.6 is 0 Å². The van der Waals surface area contributed by atoms with Crippen LogP contribution in [0, 0.1) is 17.3 Å². The van der Waals surface area contributed by atoms with E-state index in [4.69, 9.17) is 0 Å². The molecule has 3 aliphatic carbocycles. The van der Waals surface area contributed by atoms with Crippen LogP contribution < -0.4 is 10.6 Å². The molecule has 0 aromatic rings. The average molecular weight is 293 g/mol. The molecule has 2 N–H and O–H groups in total. The van der Waals surface area contributed by atoms with E-state index in [2.05, 4.69) is 30.6 Å². The van der Waals surface area contributed by atoms with Crippen molar-refractivity contribution in [1.82, 2.24) is 15.5 Å². The number of fused-ring (bicyclic) bond motifs is 1. The van der Waals surface area contributed by atoms with Gasteiger partial charge >= 0.3 is 6.03 Å². The standard InChI is InChI=1S/C16H27N3O2/c1-16(2)12-6-5-11(13(16)9-12)7-8-17-14(20)10-18-15(21)19(3)4/h5,12-13H,6-10H2,1-4H3,(H,17,20)(H,18,21)/t12-,13-/m0/s1. The van der Waals surface area contributed by atoms with Gasteiger partial charge in [-0.2, -0.15) is 0 Å². The molecule has 0 aliphatic heterocycles. The van der Waals surface area contributed by atoms with Crippen LogP contribution in [0.1, 0.15) is 33.1 Å². The molecule has 0 spiro atoms. The first-order valence-corrected chi connectivity index (χ1v) is 7.73. The summed E-state index contributed by atoms with van der Waals surface area (Å²) in [5.74, 6) is 1.41. The van der Waals surface area contributed by atoms with E-state index in [9.17, 15) is 9.59 Å². The molecule has 118 valence electrons. The number of nitrogens with zero attached hydrogens (tertiary/aromatic N) is 1. The molecule has 5 nitrogen and oxygen atoms in total. The fourth-order valence-corrected chi connectivity index (χ4v) is 3.48. The Labute approximate surface area is 127 Å². The molecular formula is C16H27N3O2. The van der Waals surface area contributed by atoms with Gasteiger partial charge in [0.1, 0.15) is 0 Å². The molecule has 0 aromatic heterocycles. The van der Waals surface area contributed by atoms with E-state index in [1.54, 1.807) is 14.1 Å². The molecule has 21 heavy (non-hydrogen) atoms. The molecule has 3 aliphatic rings. The highest BCUT2D eigenvalue weighted by Gasteiger charge is 2.50. The number of hydrogen-bond donors (Lipinski definition) is 2. The zero-order valence-electron chi connectivity index (χ0n) is 13.5. The molecule has 0 heterocycles. The Hall–Kier alpha value is -1.52. The van der Waals surface area contributed by atoms with Crippen LogP contribution in [0.3, 0.4) is 0 Å². The highest BCUT2D eigenvalue weighted by molar-refractivity contribution is 5.83. The summed E-state index contributed by atoms with van der Waals surface area (Å²) in [6.45, 7) is 5.40. The molecule has 5 heteroatoms. The molecule has 0 radical (unpaired) electrons. The van der Waals surface area contributed by atoms with E-state index in [0.717, 1.165) is 12.3 Å². The topological polar surface area (TPSA) is 61.4 Å². The molecule has 2 bridgehead atoms. The maximum Gasteiger partial charge on any atom is 0.317 e. The Morgan fingerprint density at radius 1 is 1.33 bits per heavy atom. The Kier molecular flexibility index (Phi) is 4.59. The van der Waals surface area contributed by atoms with Crippen molar-refractivity contribution in [2.45, 2.75) is 33.1 Å². The number of amides is 3. The van der Waals surface area contributed by atoms with E-state index >= 15 is 0 Å². The normalized spacial score (nSPS) is 25.4. The van der Waals surface area contributed by atoms with Crippen LogP contribution in [0.15, 0.2) is 11.6 Å². The minimum absolute atomic E-state index is 0.0348. The van der Waals surface area contributed by atoms with E-state index in [1.807, 2.05) is 0 Å². The fraction of sp³-hybridized carbons (Fsp3) is 0.750. The van der Waals surface area contributed by atoms with Crippen LogP contribution in [-0.2, 0) is 4.79 Å². The van der Waals surface area contributed by atoms with Crippen molar-refractivity contribution >= 4 is 11.9 Å². The van der Waals surface area contributed by atoms with Crippen LogP contribution in [0.25, 0.3) is 0 Å². The minimum Gasteiger partial charge on any atom is -0.354 e. The summed E-state index contributed by atoms with van der Waals surface area (Å²) in [5, 5.41) is 5.44. The minimum atomic E-state index is -0.248. The van der Waals surface area contributed by atoms with Gasteiger partial charge in [0.2, 0.25) is 5.91 Å². The van der Waals surface area contributed by atoms with Crippen molar-refractivity contribution in [3.63, 3.8) is 0 Å². The van der Waals surface area contributed by atoms with Crippen LogP contribution in [0.4, 0.5) is 4.79 Å². The van der Waals surface area contributed by atoms with Gasteiger partial charge in [0.05, 0.1) is 6.54 Å². The first-order chi connectivity index (χ1) is 9.82. The number of carbonyl (C=O) groups excluding carboxylic acids is 2. The lowest BCUT2D eigenvalue weighted by atomic mass is 9.48. The van der Waals surface area contributed by atoms with Crippen molar-refractivity contribution in [1.29, 1.82) is 0 Å². The maximum atomic E-state index is 11.7. The molecular weight excluding hydrogens is 266 g/mol. The van der Waals surface area contributed by atoms with E-state index < -0.39 is 0 Å². The second-order valence-corrected chi connectivity index (χ2v) is 6.97. The van der Waals surface area contributed by atoms with E-state index in [0.29, 0.717) is 17.9 Å². The zero-order valence-corrected chi connectivity index (χ0v) is 13.5. The smallest absolute Gasteiger partial charge is 0.317 e. The second kappa shape index (κ2) is 6.08. The predicted molar refractivity (Wildman–Crippen MR) is 82.8 cm³/mol. The molecule has 3 rings (SSSR count). The number of urea groups is 1. The van der Waals surface area contributed by atoms with Crippen LogP contribution in [-0.4, -0.2) is 44.0 Å². The van der Waals surface area contributed by atoms with Gasteiger partial charge in [-0.25, -0.2) is 4.79 Å². The molecule has 0 aromatic carbocycles. The third-order valence-electron chi connectivity index (χ3n) is 5.12. The molecule has 3 amide bonds. The summed E-state index contributed by atoms with van der Waals surface area (Å²) in [7, 11) is 3.30. The van der Waals surface area contributed by atoms with Crippen molar-refractivity contribution < 1.29 is 9.59 Å². The zero-order chi connectivity index (χ0) is 15.6. The third-order valence-corrected chi connectivity index (χ3v) is 5.12. The Morgan fingerprint density at radius 3 is 2.62 bits per heavy atom. The summed E-state index contributed by atoms with van der Waals surface area (Å²) < 4.78 is 0. The first kappa shape index (κ1) is 15.9. The lowest BCUT2D eigenvalue weighted by Gasteiger charge is -2.56. The monoisotopic (exact) mass is 293 g/mol. The van der Waals surface area contributed by atoms with Gasteiger partial charge in [-0.05, 0) is 36.5 Å². The molecule has 1 fully saturated rings. The Morgan fingerprint density at radius 2 is 2.05 bits per heavy atom. The lowest BCUT2D eigenvalue weighted by Crippen LogP contribution is -2.48. The highest BCUT2D eigenvalue weighted by Crippen LogP contribution is 2.59. The average Bonchev–Trinajstić information content (AvgIpc) is 2.44. The molecule has 0 unspecified atom stereocenters. The largest absolute Gasteiger partial charge is 0.354 e. The third kappa shape index (κ3) is 3.39. The number of nitrogens with one attached hydrogen (secondary N) is 2. The van der Waals surface area contributed by atoms with Gasteiger partial charge in [0.25, 0.3) is 0 Å². The lowest BCUT2D eigenvalue weighted by molar-refractivity contribution is -0.120. The highest BCUT2D eigenvalue weighted by atomic mass is 16.2. The number of allylic oxidation sites excluding steroid dienone is 1. The summed E-state index contributed by atoms with van der Waals surface area (Å²) >= 11 is 0. The molecule has 1 saturated carbocycles. The summed E-state index contributed by atoms with van der Waals surface area (Å²) in [5.41, 5.74) is 1.94. The van der Waals surface area contributed by atoms with Gasteiger partial charge in [-0.15, -0.1) is 0 Å². The Bertz CT molecular complexity index is 454. The van der Waals surface area contributed by atoms with E-state index in [-0.39, 0.29) is 18.5 Å². The van der Waals surface area contributed by atoms with Crippen LogP contribution in [0.2, 0.25) is 0 Å². The van der Waals surface area contributed by atoms with Gasteiger partial charge in [-0.3, -0.25) is 4.79 Å². The van der Waals surface area contributed by atoms with Gasteiger partial charge in [0.15, 0.2) is 0 Å². The number of rotatable bonds is 5. The van der Waals surface area contributed by atoms with Gasteiger partial charge in [-0.1, -0.05) is 25.5 Å². The molecule has 0 saturated heterocycles. The fourth-order valence-electron chi connectivity index (χ4n) is 3.48. The van der Waals surface area contributed by atoms with Crippen molar-refractivity contribution in [3.8, 4) is 0 Å². The molecule has 2 atom stereocenters. The Balaban J connectivity index is 1.67. The number of hydrogen-bond acceptors (Lipinski definition) is 2. The van der Waals surface area contributed by atoms with Crippen molar-refractivity contribution in [2.75, 3.05) is 27.2 Å². The van der Waals surface area contributed by atoms with Crippen molar-refractivity contribution in [2.24, 2.45) is 17.3 Å². The predicted octanol–water partition coefficient (Wildman–Crippen LogP) is 1.76. The summed E-state index contributed by atoms with van der Waals surface area (Å²) in [4.78, 5) is 24.4. The van der Waals surface area contributed by atoms with Crippen molar-refractivity contribution in [3.05, 3.63) is 11.6 Å². The number of carbonyl (C=O) groups is 2. The van der Waals surface area contributed by atoms with E-state index in [1.165, 1.54) is 23.3 Å². The van der Waals surface area contributed by atoms with Crippen LogP contribution in [0.5, 0.6) is 0 Å².